The lowest BCUT2D eigenvalue weighted by atomic mass is 10.0. The number of likely N-dealkylation sites (tertiary alicyclic amines) is 1. The van der Waals surface area contributed by atoms with Gasteiger partial charge in [0.05, 0.1) is 22.9 Å². The molecule has 0 bridgehead atoms. The van der Waals surface area contributed by atoms with E-state index >= 15 is 0 Å². The molecule has 0 aromatic carbocycles. The van der Waals surface area contributed by atoms with Gasteiger partial charge in [0, 0.05) is 37.2 Å². The predicted octanol–water partition coefficient (Wildman–Crippen LogP) is 0.960. The van der Waals surface area contributed by atoms with Crippen molar-refractivity contribution in [1.82, 2.24) is 20.2 Å². The molecule has 1 saturated heterocycles. The Balaban J connectivity index is 1.48. The number of amides is 2. The summed E-state index contributed by atoms with van der Waals surface area (Å²) in [6.45, 7) is 0.711. The molecule has 0 aliphatic carbocycles. The molecule has 0 radical (unpaired) electrons. The van der Waals surface area contributed by atoms with Crippen molar-refractivity contribution >= 4 is 23.6 Å². The lowest BCUT2D eigenvalue weighted by Crippen LogP contribution is -2.55. The molecule has 0 spiro atoms. The number of carbonyl (C=O) groups excluding carboxylic acids is 2. The number of hydrogen-bond acceptors (Lipinski definition) is 6. The minimum Gasteiger partial charge on any atom is -0.389 e. The number of nitrogens with zero attached hydrogens (tertiary/aromatic N) is 3. The molecule has 2 unspecified atom stereocenters. The molecule has 26 heavy (non-hydrogen) atoms. The molecule has 2 aromatic rings. The zero-order valence-corrected chi connectivity index (χ0v) is 14.9. The van der Waals surface area contributed by atoms with E-state index in [0.717, 1.165) is 5.03 Å². The highest BCUT2D eigenvalue weighted by Crippen LogP contribution is 2.17. The van der Waals surface area contributed by atoms with Crippen LogP contribution in [0.2, 0.25) is 0 Å². The van der Waals surface area contributed by atoms with Gasteiger partial charge in [-0.3, -0.25) is 14.6 Å². The number of piperidine rings is 1. The van der Waals surface area contributed by atoms with Gasteiger partial charge in [0.1, 0.15) is 0 Å². The van der Waals surface area contributed by atoms with E-state index in [1.54, 1.807) is 35.6 Å². The predicted molar refractivity (Wildman–Crippen MR) is 97.7 cm³/mol. The zero-order chi connectivity index (χ0) is 18.4. The standard InChI is InChI=1S/C18H20N4O3S/c23-15-11-22(17(24)12-26-16-3-1-2-7-20-16)10-6-14(15)21-18(25)13-4-8-19-9-5-13/h1-5,7-9,14-15,23H,6,10-12H2,(H,21,25). The van der Waals surface area contributed by atoms with Crippen LogP contribution in [-0.2, 0) is 4.79 Å². The molecule has 1 fully saturated rings. The molecule has 136 valence electrons. The summed E-state index contributed by atoms with van der Waals surface area (Å²) >= 11 is 1.37. The number of thioether (sulfide) groups is 1. The summed E-state index contributed by atoms with van der Waals surface area (Å²) in [6.07, 6.45) is 4.50. The Labute approximate surface area is 155 Å². The van der Waals surface area contributed by atoms with E-state index in [1.807, 2.05) is 18.2 Å². The monoisotopic (exact) mass is 372 g/mol. The van der Waals surface area contributed by atoms with Crippen LogP contribution < -0.4 is 5.32 Å². The van der Waals surface area contributed by atoms with E-state index < -0.39 is 6.10 Å². The molecule has 8 heteroatoms. The Hall–Kier alpha value is -2.45. The molecule has 0 saturated carbocycles. The Morgan fingerprint density at radius 3 is 2.73 bits per heavy atom. The average molecular weight is 372 g/mol. The first-order valence-corrected chi connectivity index (χ1v) is 9.32. The molecule has 7 nitrogen and oxygen atoms in total. The number of aliphatic hydroxyl groups excluding tert-OH is 1. The third kappa shape index (κ3) is 4.80. The summed E-state index contributed by atoms with van der Waals surface area (Å²) in [6, 6.07) is 8.43. The maximum Gasteiger partial charge on any atom is 0.251 e. The highest BCUT2D eigenvalue weighted by Gasteiger charge is 2.31. The van der Waals surface area contributed by atoms with Gasteiger partial charge in [-0.05, 0) is 30.7 Å². The fourth-order valence-corrected chi connectivity index (χ4v) is 3.51. The number of rotatable bonds is 5. The number of nitrogens with one attached hydrogen (secondary N) is 1. The quantitative estimate of drug-likeness (QED) is 0.759. The maximum absolute atomic E-state index is 12.3. The Morgan fingerprint density at radius 2 is 2.04 bits per heavy atom. The van der Waals surface area contributed by atoms with Gasteiger partial charge in [0.15, 0.2) is 0 Å². The molecular weight excluding hydrogens is 352 g/mol. The van der Waals surface area contributed by atoms with Gasteiger partial charge in [0.2, 0.25) is 5.91 Å². The summed E-state index contributed by atoms with van der Waals surface area (Å²) in [4.78, 5) is 34.2. The zero-order valence-electron chi connectivity index (χ0n) is 14.1. The molecule has 1 aliphatic rings. The van der Waals surface area contributed by atoms with Gasteiger partial charge >= 0.3 is 0 Å². The second-order valence-corrected chi connectivity index (χ2v) is 6.96. The third-order valence-corrected chi connectivity index (χ3v) is 5.10. The van der Waals surface area contributed by atoms with Crippen LogP contribution >= 0.6 is 11.8 Å². The number of pyridine rings is 2. The summed E-state index contributed by atoms with van der Waals surface area (Å²) < 4.78 is 0. The van der Waals surface area contributed by atoms with Crippen molar-refractivity contribution in [3.05, 3.63) is 54.5 Å². The summed E-state index contributed by atoms with van der Waals surface area (Å²) in [7, 11) is 0. The average Bonchev–Trinajstić information content (AvgIpc) is 2.69. The molecule has 2 amide bonds. The second kappa shape index (κ2) is 8.77. The molecule has 1 aliphatic heterocycles. The summed E-state index contributed by atoms with van der Waals surface area (Å²) in [5.41, 5.74) is 0.498. The van der Waals surface area contributed by atoms with E-state index in [2.05, 4.69) is 15.3 Å². The van der Waals surface area contributed by atoms with E-state index in [-0.39, 0.29) is 30.2 Å². The van der Waals surface area contributed by atoms with Crippen molar-refractivity contribution < 1.29 is 14.7 Å². The number of aromatic nitrogens is 2. The fourth-order valence-electron chi connectivity index (χ4n) is 2.74. The van der Waals surface area contributed by atoms with Crippen LogP contribution in [0.4, 0.5) is 0 Å². The van der Waals surface area contributed by atoms with Crippen LogP contribution in [-0.4, -0.2) is 62.8 Å². The largest absolute Gasteiger partial charge is 0.389 e. The third-order valence-electron chi connectivity index (χ3n) is 4.17. The van der Waals surface area contributed by atoms with Crippen molar-refractivity contribution in [1.29, 1.82) is 0 Å². The van der Waals surface area contributed by atoms with Crippen molar-refractivity contribution in [2.75, 3.05) is 18.8 Å². The normalized spacial score (nSPS) is 19.8. The fraction of sp³-hybridized carbons (Fsp3) is 0.333. The number of hydrogen-bond donors (Lipinski definition) is 2. The van der Waals surface area contributed by atoms with Crippen molar-refractivity contribution in [2.45, 2.75) is 23.6 Å². The Kier molecular flexibility index (Phi) is 6.19. The molecule has 2 N–H and O–H groups in total. The highest BCUT2D eigenvalue weighted by molar-refractivity contribution is 7.99. The van der Waals surface area contributed by atoms with E-state index in [9.17, 15) is 14.7 Å². The van der Waals surface area contributed by atoms with Crippen LogP contribution in [0.15, 0.2) is 53.9 Å². The lowest BCUT2D eigenvalue weighted by molar-refractivity contribution is -0.131. The Morgan fingerprint density at radius 1 is 1.23 bits per heavy atom. The first kappa shape index (κ1) is 18.3. The first-order chi connectivity index (χ1) is 12.6. The van der Waals surface area contributed by atoms with Gasteiger partial charge in [-0.15, -0.1) is 0 Å². The topological polar surface area (TPSA) is 95.4 Å². The van der Waals surface area contributed by atoms with Crippen LogP contribution in [0.1, 0.15) is 16.8 Å². The SMILES string of the molecule is O=C(NC1CCN(C(=O)CSc2ccccn2)CC1O)c1ccncc1. The minimum absolute atomic E-state index is 0.0430. The molecule has 2 aromatic heterocycles. The number of carbonyl (C=O) groups is 2. The first-order valence-electron chi connectivity index (χ1n) is 8.34. The molecule has 3 heterocycles. The van der Waals surface area contributed by atoms with E-state index in [1.165, 1.54) is 11.8 Å². The van der Waals surface area contributed by atoms with Crippen molar-refractivity contribution in [2.24, 2.45) is 0 Å². The van der Waals surface area contributed by atoms with Gasteiger partial charge in [-0.1, -0.05) is 17.8 Å². The van der Waals surface area contributed by atoms with Crippen molar-refractivity contribution in [3.63, 3.8) is 0 Å². The number of β-amino-alcohol motifs (C(OH)–C–C–N with tert-alkyl or cyclic N) is 1. The Bertz CT molecular complexity index is 745. The summed E-state index contributed by atoms with van der Waals surface area (Å²) in [5.74, 6) is -0.0156. The maximum atomic E-state index is 12.3. The van der Waals surface area contributed by atoms with Crippen LogP contribution in [0, 0.1) is 0 Å². The lowest BCUT2D eigenvalue weighted by Gasteiger charge is -2.36. The molecular formula is C18H20N4O3S. The van der Waals surface area contributed by atoms with Gasteiger partial charge < -0.3 is 15.3 Å². The van der Waals surface area contributed by atoms with Crippen LogP contribution in [0.5, 0.6) is 0 Å². The van der Waals surface area contributed by atoms with E-state index in [0.29, 0.717) is 18.5 Å². The minimum atomic E-state index is -0.793. The molecule has 3 rings (SSSR count). The van der Waals surface area contributed by atoms with Gasteiger partial charge in [0.25, 0.3) is 5.91 Å². The smallest absolute Gasteiger partial charge is 0.251 e. The summed E-state index contributed by atoms with van der Waals surface area (Å²) in [5, 5.41) is 14.0. The molecule has 2 atom stereocenters. The van der Waals surface area contributed by atoms with Crippen molar-refractivity contribution in [3.8, 4) is 0 Å². The van der Waals surface area contributed by atoms with Gasteiger partial charge in [-0.25, -0.2) is 4.98 Å². The van der Waals surface area contributed by atoms with E-state index in [4.69, 9.17) is 0 Å². The highest BCUT2D eigenvalue weighted by atomic mass is 32.2. The van der Waals surface area contributed by atoms with Gasteiger partial charge in [-0.2, -0.15) is 0 Å². The van der Waals surface area contributed by atoms with Crippen LogP contribution in [0.25, 0.3) is 0 Å². The van der Waals surface area contributed by atoms with Crippen LogP contribution in [0.3, 0.4) is 0 Å². The second-order valence-electron chi connectivity index (χ2n) is 5.97. The number of aliphatic hydroxyl groups is 1.